The second-order valence-corrected chi connectivity index (χ2v) is 6.15. The van der Waals surface area contributed by atoms with Crippen molar-refractivity contribution in [1.29, 1.82) is 0 Å². The van der Waals surface area contributed by atoms with Gasteiger partial charge in [0.2, 0.25) is 0 Å². The Labute approximate surface area is 136 Å². The van der Waals surface area contributed by atoms with Gasteiger partial charge in [-0.05, 0) is 29.1 Å². The number of thiophene rings is 1. The molecule has 0 aliphatic carbocycles. The molecule has 2 aromatic rings. The molecule has 4 nitrogen and oxygen atoms in total. The van der Waals surface area contributed by atoms with E-state index < -0.39 is 5.97 Å². The van der Waals surface area contributed by atoms with Crippen LogP contribution in [0.5, 0.6) is 0 Å². The average molecular weight is 344 g/mol. The van der Waals surface area contributed by atoms with E-state index in [4.69, 9.17) is 33.8 Å². The lowest BCUT2D eigenvalue weighted by molar-refractivity contribution is -0.725. The second kappa shape index (κ2) is 7.45. The summed E-state index contributed by atoms with van der Waals surface area (Å²) in [5.74, 6) is -0.110. The standard InChI is InChI=1S/C14H12Cl2N2O2S/c15-10-4-3-9(12(16)7-10)6-13(17)18-20-14(19)8-11-2-1-5-21-11/h1-5,7H,6,8H2,(H2,17,18)/p+1. The molecule has 0 saturated heterocycles. The van der Waals surface area contributed by atoms with Gasteiger partial charge in [0, 0.05) is 14.9 Å². The summed E-state index contributed by atoms with van der Waals surface area (Å²) in [6.07, 6.45) is 0.544. The van der Waals surface area contributed by atoms with Gasteiger partial charge in [-0.15, -0.1) is 11.3 Å². The van der Waals surface area contributed by atoms with Gasteiger partial charge in [-0.25, -0.2) is 4.79 Å². The molecule has 1 aromatic heterocycles. The molecule has 0 aliphatic rings. The van der Waals surface area contributed by atoms with Gasteiger partial charge in [-0.3, -0.25) is 10.6 Å². The third-order valence-electron chi connectivity index (χ3n) is 2.59. The molecule has 0 fully saturated rings. The molecule has 7 heteroatoms. The van der Waals surface area contributed by atoms with E-state index in [1.54, 1.807) is 18.2 Å². The van der Waals surface area contributed by atoms with Gasteiger partial charge in [0.15, 0.2) is 0 Å². The average Bonchev–Trinajstić information content (AvgIpc) is 2.92. The van der Waals surface area contributed by atoms with E-state index in [-0.39, 0.29) is 6.42 Å². The highest BCUT2D eigenvalue weighted by atomic mass is 35.5. The molecule has 0 saturated carbocycles. The van der Waals surface area contributed by atoms with Crippen LogP contribution in [0.25, 0.3) is 0 Å². The van der Waals surface area contributed by atoms with Gasteiger partial charge < -0.3 is 0 Å². The van der Waals surface area contributed by atoms with Crippen LogP contribution >= 0.6 is 34.5 Å². The molecule has 1 aromatic carbocycles. The van der Waals surface area contributed by atoms with Crippen LogP contribution < -0.4 is 10.9 Å². The molecule has 0 unspecified atom stereocenters. The van der Waals surface area contributed by atoms with E-state index >= 15 is 0 Å². The Bertz CT molecular complexity index is 657. The van der Waals surface area contributed by atoms with Gasteiger partial charge >= 0.3 is 5.97 Å². The zero-order valence-electron chi connectivity index (χ0n) is 10.9. The van der Waals surface area contributed by atoms with Crippen LogP contribution in [0.3, 0.4) is 0 Å². The highest BCUT2D eigenvalue weighted by molar-refractivity contribution is 7.10. The van der Waals surface area contributed by atoms with Crippen molar-refractivity contribution in [2.45, 2.75) is 12.8 Å². The number of halogens is 2. The van der Waals surface area contributed by atoms with Gasteiger partial charge in [0.25, 0.3) is 5.84 Å². The number of amidine groups is 1. The molecule has 0 amide bonds. The van der Waals surface area contributed by atoms with E-state index in [9.17, 15) is 4.79 Å². The molecule has 0 atom stereocenters. The van der Waals surface area contributed by atoms with Crippen molar-refractivity contribution in [2.75, 3.05) is 0 Å². The fourth-order valence-corrected chi connectivity index (χ4v) is 2.79. The quantitative estimate of drug-likeness (QED) is 0.376. The zero-order valence-corrected chi connectivity index (χ0v) is 13.3. The fraction of sp³-hybridized carbons (Fsp3) is 0.143. The lowest BCUT2D eigenvalue weighted by Gasteiger charge is -2.01. The van der Waals surface area contributed by atoms with E-state index in [2.05, 4.69) is 5.16 Å². The first-order chi connectivity index (χ1) is 10.0. The maximum atomic E-state index is 11.6. The smallest absolute Gasteiger partial charge is 0.288 e. The fourth-order valence-electron chi connectivity index (χ4n) is 1.62. The monoisotopic (exact) mass is 343 g/mol. The molecule has 1 heterocycles. The number of carbonyl (C=O) groups excluding carboxylic acids is 1. The predicted octanol–water partition coefficient (Wildman–Crippen LogP) is 1.74. The minimum absolute atomic E-state index is 0.208. The van der Waals surface area contributed by atoms with Crippen LogP contribution in [-0.2, 0) is 22.5 Å². The lowest BCUT2D eigenvalue weighted by atomic mass is 10.1. The first-order valence-electron chi connectivity index (χ1n) is 6.08. The Morgan fingerprint density at radius 3 is 2.76 bits per heavy atom. The van der Waals surface area contributed by atoms with Gasteiger partial charge in [-0.1, -0.05) is 40.5 Å². The van der Waals surface area contributed by atoms with Crippen LogP contribution in [0.4, 0.5) is 0 Å². The molecule has 2 rings (SSSR count). The molecule has 0 aliphatic heterocycles. The normalized spacial score (nSPS) is 11.4. The maximum absolute atomic E-state index is 11.6. The third kappa shape index (κ3) is 5.04. The Balaban J connectivity index is 1.90. The number of carbonyl (C=O) groups is 1. The van der Waals surface area contributed by atoms with Crippen molar-refractivity contribution in [3.63, 3.8) is 0 Å². The van der Waals surface area contributed by atoms with Gasteiger partial charge in [0.1, 0.15) is 0 Å². The summed E-state index contributed by atoms with van der Waals surface area (Å²) in [6.45, 7) is 0. The SMILES string of the molecule is NC(Cc1ccc(Cl)cc1Cl)=[NH+]OC(=O)Cc1cccs1. The van der Waals surface area contributed by atoms with E-state index in [1.165, 1.54) is 11.3 Å². The molecule has 0 spiro atoms. The van der Waals surface area contributed by atoms with Crippen molar-refractivity contribution < 1.29 is 14.8 Å². The number of hydrogen-bond donors (Lipinski definition) is 2. The highest BCUT2D eigenvalue weighted by Gasteiger charge is 2.10. The van der Waals surface area contributed by atoms with Crippen molar-refractivity contribution in [3.05, 3.63) is 56.2 Å². The van der Waals surface area contributed by atoms with Crippen molar-refractivity contribution in [2.24, 2.45) is 5.73 Å². The Kier molecular flexibility index (Phi) is 5.61. The summed E-state index contributed by atoms with van der Waals surface area (Å²) in [4.78, 5) is 17.4. The maximum Gasteiger partial charge on any atom is 0.362 e. The molecule has 0 radical (unpaired) electrons. The van der Waals surface area contributed by atoms with E-state index in [0.29, 0.717) is 22.3 Å². The highest BCUT2D eigenvalue weighted by Crippen LogP contribution is 2.20. The first-order valence-corrected chi connectivity index (χ1v) is 7.71. The molecule has 21 heavy (non-hydrogen) atoms. The van der Waals surface area contributed by atoms with Gasteiger partial charge in [0.05, 0.1) is 12.8 Å². The number of nitrogens with two attached hydrogens (primary N) is 1. The van der Waals surface area contributed by atoms with Crippen LogP contribution in [-0.4, -0.2) is 11.8 Å². The molecule has 110 valence electrons. The van der Waals surface area contributed by atoms with Crippen LogP contribution in [0.15, 0.2) is 35.7 Å². The van der Waals surface area contributed by atoms with Crippen LogP contribution in [0, 0.1) is 0 Å². The van der Waals surface area contributed by atoms with Crippen LogP contribution in [0.2, 0.25) is 10.0 Å². The minimum Gasteiger partial charge on any atom is -0.288 e. The predicted molar refractivity (Wildman–Crippen MR) is 84.4 cm³/mol. The summed E-state index contributed by atoms with van der Waals surface area (Å²) in [6, 6.07) is 8.87. The Hall–Kier alpha value is -1.56. The number of hydrogen-bond acceptors (Lipinski definition) is 3. The summed E-state index contributed by atoms with van der Waals surface area (Å²) in [7, 11) is 0. The third-order valence-corrected chi connectivity index (χ3v) is 4.05. The first kappa shape index (κ1) is 15.8. The number of nitrogens with one attached hydrogen (secondary N) is 1. The summed E-state index contributed by atoms with van der Waals surface area (Å²) in [5, 5.41) is 5.41. The van der Waals surface area contributed by atoms with Gasteiger partial charge in [-0.2, -0.15) is 0 Å². The second-order valence-electron chi connectivity index (χ2n) is 4.27. The Morgan fingerprint density at radius 1 is 1.29 bits per heavy atom. The van der Waals surface area contributed by atoms with Crippen molar-refractivity contribution in [1.82, 2.24) is 0 Å². The molecule has 3 N–H and O–H groups in total. The van der Waals surface area contributed by atoms with E-state index in [1.807, 2.05) is 17.5 Å². The number of rotatable bonds is 5. The zero-order chi connectivity index (χ0) is 15.2. The minimum atomic E-state index is -0.400. The van der Waals surface area contributed by atoms with Crippen molar-refractivity contribution >= 4 is 46.3 Å². The lowest BCUT2D eigenvalue weighted by Crippen LogP contribution is -2.76. The summed E-state index contributed by atoms with van der Waals surface area (Å²) < 4.78 is 0. The largest absolute Gasteiger partial charge is 0.362 e. The molecular weight excluding hydrogens is 331 g/mol. The topological polar surface area (TPSA) is 66.3 Å². The Morgan fingerprint density at radius 2 is 2.10 bits per heavy atom. The summed E-state index contributed by atoms with van der Waals surface area (Å²) >= 11 is 13.4. The number of benzene rings is 1. The summed E-state index contributed by atoms with van der Waals surface area (Å²) in [5.41, 5.74) is 6.57. The molecular formula is C14H13Cl2N2O2S+. The van der Waals surface area contributed by atoms with Crippen molar-refractivity contribution in [3.8, 4) is 0 Å². The van der Waals surface area contributed by atoms with Crippen LogP contribution in [0.1, 0.15) is 10.4 Å². The van der Waals surface area contributed by atoms with E-state index in [0.717, 1.165) is 10.4 Å². The molecule has 0 bridgehead atoms.